The summed E-state index contributed by atoms with van der Waals surface area (Å²) in [6.07, 6.45) is 1.10. The van der Waals surface area contributed by atoms with E-state index in [-0.39, 0.29) is 37.2 Å². The van der Waals surface area contributed by atoms with Crippen LogP contribution >= 0.6 is 0 Å². The molecule has 2 aromatic rings. The molecule has 6 nitrogen and oxygen atoms in total. The maximum absolute atomic E-state index is 10.1. The number of rotatable bonds is 2. The molecular weight excluding hydrogens is 360 g/mol. The Morgan fingerprint density at radius 1 is 0.536 bits per heavy atom. The minimum atomic E-state index is -0.894. The Balaban J connectivity index is 1.72. The van der Waals surface area contributed by atoms with Crippen molar-refractivity contribution in [1.82, 2.24) is 0 Å². The molecule has 0 saturated carbocycles. The van der Waals surface area contributed by atoms with E-state index in [1.807, 2.05) is 12.2 Å². The highest BCUT2D eigenvalue weighted by Gasteiger charge is 2.29. The van der Waals surface area contributed by atoms with Gasteiger partial charge in [-0.1, -0.05) is 24.3 Å². The summed E-state index contributed by atoms with van der Waals surface area (Å²) in [7, 11) is 0. The summed E-state index contributed by atoms with van der Waals surface area (Å²) in [5.74, 6) is 0.217. The minimum absolute atomic E-state index is 0.109. The van der Waals surface area contributed by atoms with Gasteiger partial charge in [0.25, 0.3) is 0 Å². The van der Waals surface area contributed by atoms with Gasteiger partial charge < -0.3 is 30.6 Å². The molecule has 2 aliphatic rings. The number of aliphatic hydroxyl groups excluding tert-OH is 4. The van der Waals surface area contributed by atoms with Crippen LogP contribution in [0.15, 0.2) is 24.3 Å². The highest BCUT2D eigenvalue weighted by atomic mass is 16.3. The van der Waals surface area contributed by atoms with Crippen molar-refractivity contribution in [3.05, 3.63) is 57.6 Å². The second kappa shape index (κ2) is 7.22. The first kappa shape index (κ1) is 19.0. The number of hydrogen-bond donors (Lipinski definition) is 6. The Hall–Kier alpha value is -2.38. The highest BCUT2D eigenvalue weighted by molar-refractivity contribution is 5.75. The van der Waals surface area contributed by atoms with E-state index in [1.165, 1.54) is 0 Å². The Labute approximate surface area is 162 Å². The van der Waals surface area contributed by atoms with Crippen LogP contribution in [0.2, 0.25) is 0 Å². The van der Waals surface area contributed by atoms with Gasteiger partial charge in [-0.05, 0) is 34.4 Å². The predicted molar refractivity (Wildman–Crippen MR) is 104 cm³/mol. The van der Waals surface area contributed by atoms with Crippen molar-refractivity contribution in [2.45, 2.75) is 50.1 Å². The largest absolute Gasteiger partial charge is 0.508 e. The minimum Gasteiger partial charge on any atom is -0.508 e. The summed E-state index contributed by atoms with van der Waals surface area (Å²) >= 11 is 0. The lowest BCUT2D eigenvalue weighted by molar-refractivity contribution is 0.0136. The van der Waals surface area contributed by atoms with Crippen LogP contribution in [0.5, 0.6) is 11.5 Å². The SMILES string of the molecule is Oc1ccc(/C=C/c2ccc(O)c3c2CC(O)C(O)C3)c2c1CC(O)C(O)C2. The molecule has 28 heavy (non-hydrogen) atoms. The molecule has 6 N–H and O–H groups in total. The molecule has 6 heteroatoms. The number of hydrogen-bond acceptors (Lipinski definition) is 6. The van der Waals surface area contributed by atoms with Crippen LogP contribution < -0.4 is 0 Å². The summed E-state index contributed by atoms with van der Waals surface area (Å²) in [5.41, 5.74) is 4.56. The third kappa shape index (κ3) is 3.29. The normalized spacial score (nSPS) is 26.9. The number of phenolic OH excluding ortho intramolecular Hbond substituents is 2. The summed E-state index contributed by atoms with van der Waals surface area (Å²) in [4.78, 5) is 0. The van der Waals surface area contributed by atoms with Gasteiger partial charge in [0.1, 0.15) is 11.5 Å². The second-order valence-electron chi connectivity index (χ2n) is 7.68. The van der Waals surface area contributed by atoms with Crippen molar-refractivity contribution in [1.29, 1.82) is 0 Å². The molecule has 4 unspecified atom stereocenters. The Morgan fingerprint density at radius 2 is 0.857 bits per heavy atom. The van der Waals surface area contributed by atoms with Gasteiger partial charge in [0.2, 0.25) is 0 Å². The van der Waals surface area contributed by atoms with Crippen molar-refractivity contribution in [3.8, 4) is 11.5 Å². The fourth-order valence-electron chi connectivity index (χ4n) is 4.21. The fraction of sp³-hybridized carbons (Fsp3) is 0.364. The van der Waals surface area contributed by atoms with Gasteiger partial charge in [-0.15, -0.1) is 0 Å². The summed E-state index contributed by atoms with van der Waals surface area (Å²) in [6.45, 7) is 0. The monoisotopic (exact) mass is 384 g/mol. The van der Waals surface area contributed by atoms with E-state index < -0.39 is 24.4 Å². The molecule has 0 spiro atoms. The molecule has 0 aliphatic heterocycles. The van der Waals surface area contributed by atoms with Crippen molar-refractivity contribution >= 4 is 12.2 Å². The van der Waals surface area contributed by atoms with Crippen LogP contribution in [0.3, 0.4) is 0 Å². The lowest BCUT2D eigenvalue weighted by atomic mass is 9.83. The first-order chi connectivity index (χ1) is 13.3. The summed E-state index contributed by atoms with van der Waals surface area (Å²) < 4.78 is 0. The van der Waals surface area contributed by atoms with E-state index in [0.717, 1.165) is 22.3 Å². The van der Waals surface area contributed by atoms with E-state index in [9.17, 15) is 30.6 Å². The average molecular weight is 384 g/mol. The zero-order chi connectivity index (χ0) is 20.0. The van der Waals surface area contributed by atoms with E-state index in [2.05, 4.69) is 0 Å². The Morgan fingerprint density at radius 3 is 1.21 bits per heavy atom. The molecular formula is C22H24O6. The second-order valence-corrected chi connectivity index (χ2v) is 7.68. The van der Waals surface area contributed by atoms with Crippen molar-refractivity contribution in [3.63, 3.8) is 0 Å². The van der Waals surface area contributed by atoms with Gasteiger partial charge in [-0.2, -0.15) is 0 Å². The smallest absolute Gasteiger partial charge is 0.119 e. The Kier molecular flexibility index (Phi) is 4.89. The quantitative estimate of drug-likeness (QED) is 0.428. The molecule has 148 valence electrons. The van der Waals surface area contributed by atoms with E-state index in [1.54, 1.807) is 24.3 Å². The molecule has 0 amide bonds. The number of fused-ring (bicyclic) bond motifs is 2. The van der Waals surface area contributed by atoms with Crippen molar-refractivity contribution < 1.29 is 30.6 Å². The lowest BCUT2D eigenvalue weighted by Crippen LogP contribution is -2.35. The van der Waals surface area contributed by atoms with Gasteiger partial charge in [-0.3, -0.25) is 0 Å². The fourth-order valence-corrected chi connectivity index (χ4v) is 4.21. The van der Waals surface area contributed by atoms with Gasteiger partial charge in [0.05, 0.1) is 24.4 Å². The van der Waals surface area contributed by atoms with Gasteiger partial charge >= 0.3 is 0 Å². The zero-order valence-corrected chi connectivity index (χ0v) is 15.3. The molecule has 0 aromatic heterocycles. The zero-order valence-electron chi connectivity index (χ0n) is 15.3. The molecule has 4 rings (SSSR count). The van der Waals surface area contributed by atoms with Crippen molar-refractivity contribution in [2.24, 2.45) is 0 Å². The molecule has 0 saturated heterocycles. The van der Waals surface area contributed by atoms with Crippen LogP contribution in [0.4, 0.5) is 0 Å². The molecule has 0 bridgehead atoms. The van der Waals surface area contributed by atoms with Crippen LogP contribution in [0, 0.1) is 0 Å². The van der Waals surface area contributed by atoms with Gasteiger partial charge in [-0.25, -0.2) is 0 Å². The van der Waals surface area contributed by atoms with Gasteiger partial charge in [0, 0.05) is 36.8 Å². The number of aliphatic hydroxyl groups is 4. The molecule has 0 radical (unpaired) electrons. The Bertz CT molecular complexity index is 860. The average Bonchev–Trinajstić information content (AvgIpc) is 2.66. The maximum atomic E-state index is 10.1. The van der Waals surface area contributed by atoms with Crippen LogP contribution in [-0.4, -0.2) is 55.1 Å². The number of benzene rings is 2. The first-order valence-corrected chi connectivity index (χ1v) is 9.43. The molecule has 4 atom stereocenters. The standard InChI is InChI=1S/C22H24O6/c23-17-5-3-11(13-7-19(25)21(27)9-15(13)17)1-2-12-4-6-18(24)16-10-22(28)20(26)8-14(12)16/h1-6,19-28H,7-10H2/b2-1+. The predicted octanol–water partition coefficient (Wildman–Crippen LogP) is 0.909. The molecule has 0 heterocycles. The van der Waals surface area contributed by atoms with E-state index in [0.29, 0.717) is 11.1 Å². The number of phenols is 2. The maximum Gasteiger partial charge on any atom is 0.119 e. The van der Waals surface area contributed by atoms with Gasteiger partial charge in [0.15, 0.2) is 0 Å². The molecule has 0 fully saturated rings. The third-order valence-electron chi connectivity index (χ3n) is 5.87. The van der Waals surface area contributed by atoms with E-state index in [4.69, 9.17) is 0 Å². The topological polar surface area (TPSA) is 121 Å². The first-order valence-electron chi connectivity index (χ1n) is 9.43. The van der Waals surface area contributed by atoms with E-state index >= 15 is 0 Å². The summed E-state index contributed by atoms with van der Waals surface area (Å²) in [6, 6.07) is 6.69. The lowest BCUT2D eigenvalue weighted by Gasteiger charge is -2.28. The van der Waals surface area contributed by atoms with Crippen LogP contribution in [0.25, 0.3) is 12.2 Å². The van der Waals surface area contributed by atoms with Crippen molar-refractivity contribution in [2.75, 3.05) is 0 Å². The van der Waals surface area contributed by atoms with Crippen LogP contribution in [0.1, 0.15) is 33.4 Å². The summed E-state index contributed by atoms with van der Waals surface area (Å²) in [5, 5.41) is 60.1. The third-order valence-corrected chi connectivity index (χ3v) is 5.87. The molecule has 2 aromatic carbocycles. The highest BCUT2D eigenvalue weighted by Crippen LogP contribution is 2.35. The number of aromatic hydroxyl groups is 2. The van der Waals surface area contributed by atoms with Crippen LogP contribution in [-0.2, 0) is 25.7 Å². The molecule has 2 aliphatic carbocycles.